The van der Waals surface area contributed by atoms with Gasteiger partial charge in [0.05, 0.1) is 13.2 Å². The molecule has 206 valence electrons. The normalized spacial score (nSPS) is 23.8. The van der Waals surface area contributed by atoms with E-state index < -0.39 is 61.2 Å². The highest BCUT2D eigenvalue weighted by molar-refractivity contribution is 5.97. The Hall–Kier alpha value is -3.55. The van der Waals surface area contributed by atoms with Gasteiger partial charge in [0.2, 0.25) is 6.29 Å². The van der Waals surface area contributed by atoms with Gasteiger partial charge >= 0.3 is 11.9 Å². The van der Waals surface area contributed by atoms with Gasteiger partial charge in [-0.15, -0.1) is 0 Å². The summed E-state index contributed by atoms with van der Waals surface area (Å²) in [5.74, 6) is -2.16. The van der Waals surface area contributed by atoms with Crippen molar-refractivity contribution in [3.05, 3.63) is 54.1 Å². The Labute approximate surface area is 218 Å². The van der Waals surface area contributed by atoms with E-state index in [4.69, 9.17) is 19.3 Å². The maximum Gasteiger partial charge on any atom is 0.328 e. The Morgan fingerprint density at radius 2 is 1.68 bits per heavy atom. The topological polar surface area (TPSA) is 192 Å². The Kier molecular flexibility index (Phi) is 10.2. The molecule has 3 rings (SSSR count). The zero-order valence-electron chi connectivity index (χ0n) is 20.6. The lowest BCUT2D eigenvalue weighted by Crippen LogP contribution is -2.60. The summed E-state index contributed by atoms with van der Waals surface area (Å²) < 4.78 is 16.1. The van der Waals surface area contributed by atoms with E-state index >= 15 is 0 Å². The molecular formula is C26H31NO11. The lowest BCUT2D eigenvalue weighted by molar-refractivity contribution is -0.277. The summed E-state index contributed by atoms with van der Waals surface area (Å²) in [5.41, 5.74) is 1.39. The van der Waals surface area contributed by atoms with Crippen molar-refractivity contribution in [1.82, 2.24) is 5.32 Å². The zero-order chi connectivity index (χ0) is 27.8. The minimum absolute atomic E-state index is 0.0809. The molecule has 12 heteroatoms. The highest BCUT2D eigenvalue weighted by atomic mass is 16.7. The third-order valence-corrected chi connectivity index (χ3v) is 5.96. The van der Waals surface area contributed by atoms with Crippen molar-refractivity contribution in [3.8, 4) is 16.9 Å². The summed E-state index contributed by atoms with van der Waals surface area (Å²) in [5, 5.41) is 51.1. The van der Waals surface area contributed by atoms with Crippen LogP contribution in [0.5, 0.6) is 5.75 Å². The van der Waals surface area contributed by atoms with Crippen LogP contribution in [0.4, 0.5) is 0 Å². The van der Waals surface area contributed by atoms with E-state index in [0.29, 0.717) is 11.1 Å². The SMILES string of the molecule is CCOC(=O)C(CCC(=O)O)NC(=O)c1ccc(-c2ccccc2O[C@H]2O[C@H](CO)[C@@H](O)[C@H](O)[C@@H]2O)cc1. The number of nitrogens with one attached hydrogen (secondary N) is 1. The van der Waals surface area contributed by atoms with Crippen LogP contribution in [0.1, 0.15) is 30.1 Å². The second-order valence-corrected chi connectivity index (χ2v) is 8.60. The predicted molar refractivity (Wildman–Crippen MR) is 131 cm³/mol. The molecule has 1 amide bonds. The largest absolute Gasteiger partial charge is 0.481 e. The Balaban J connectivity index is 1.76. The molecule has 0 bridgehead atoms. The molecule has 6 N–H and O–H groups in total. The molecule has 6 atom stereocenters. The third kappa shape index (κ3) is 7.05. The molecule has 1 heterocycles. The van der Waals surface area contributed by atoms with Gasteiger partial charge in [0.15, 0.2) is 0 Å². The van der Waals surface area contributed by atoms with Gasteiger partial charge in [0, 0.05) is 17.5 Å². The number of carboxylic acid groups (broad SMARTS) is 1. The number of aliphatic hydroxyl groups excluding tert-OH is 4. The number of carboxylic acids is 1. The summed E-state index contributed by atoms with van der Waals surface area (Å²) in [4.78, 5) is 35.8. The van der Waals surface area contributed by atoms with Crippen LogP contribution in [-0.2, 0) is 19.1 Å². The first-order valence-electron chi connectivity index (χ1n) is 12.0. The smallest absolute Gasteiger partial charge is 0.328 e. The van der Waals surface area contributed by atoms with Gasteiger partial charge in [-0.3, -0.25) is 9.59 Å². The average molecular weight is 534 g/mol. The third-order valence-electron chi connectivity index (χ3n) is 5.96. The predicted octanol–water partition coefficient (Wildman–Crippen LogP) is 0.0586. The van der Waals surface area contributed by atoms with E-state index in [9.17, 15) is 34.8 Å². The van der Waals surface area contributed by atoms with Gasteiger partial charge in [-0.1, -0.05) is 30.3 Å². The standard InChI is InChI=1S/C26H31NO11/c1-2-36-25(35)17(11-12-20(29)30)27-24(34)15-9-7-14(8-10-15)16-5-3-4-6-18(16)37-26-23(33)22(32)21(31)19(13-28)38-26/h3-10,17,19,21-23,26,28,31-33H,2,11-13H2,1H3,(H,27,34)(H,29,30)/t17?,19-,21-,22+,23+,26+/m1/s1. The van der Waals surface area contributed by atoms with Gasteiger partial charge in [0.1, 0.15) is 36.2 Å². The van der Waals surface area contributed by atoms with Crippen LogP contribution in [-0.4, -0.2) is 93.3 Å². The van der Waals surface area contributed by atoms with E-state index in [1.165, 1.54) is 12.1 Å². The molecule has 1 fully saturated rings. The van der Waals surface area contributed by atoms with Crippen LogP contribution in [0.3, 0.4) is 0 Å². The minimum atomic E-state index is -1.59. The fraction of sp³-hybridized carbons (Fsp3) is 0.423. The molecule has 38 heavy (non-hydrogen) atoms. The maximum atomic E-state index is 12.7. The second-order valence-electron chi connectivity index (χ2n) is 8.60. The molecule has 12 nitrogen and oxygen atoms in total. The number of aliphatic hydroxyl groups is 4. The second kappa shape index (κ2) is 13.3. The van der Waals surface area contributed by atoms with Crippen molar-refractivity contribution < 1.29 is 54.1 Å². The van der Waals surface area contributed by atoms with Gasteiger partial charge in [-0.2, -0.15) is 0 Å². The number of hydrogen-bond acceptors (Lipinski definition) is 10. The maximum absolute atomic E-state index is 12.7. The molecule has 2 aromatic carbocycles. The van der Waals surface area contributed by atoms with E-state index in [1.807, 2.05) is 0 Å². The molecule has 1 aliphatic rings. The van der Waals surface area contributed by atoms with Crippen LogP contribution >= 0.6 is 0 Å². The Bertz CT molecular complexity index is 1100. The number of ether oxygens (including phenoxy) is 3. The molecule has 0 radical (unpaired) electrons. The molecule has 0 saturated carbocycles. The fourth-order valence-corrected chi connectivity index (χ4v) is 3.90. The number of aliphatic carboxylic acids is 1. The first kappa shape index (κ1) is 29.0. The number of carbonyl (C=O) groups excluding carboxylic acids is 2. The summed E-state index contributed by atoms with van der Waals surface area (Å²) >= 11 is 0. The number of esters is 1. The fourth-order valence-electron chi connectivity index (χ4n) is 3.90. The van der Waals surface area contributed by atoms with E-state index in [1.54, 1.807) is 43.3 Å². The first-order chi connectivity index (χ1) is 18.2. The van der Waals surface area contributed by atoms with Crippen molar-refractivity contribution in [2.45, 2.75) is 56.5 Å². The van der Waals surface area contributed by atoms with Gasteiger partial charge in [-0.25, -0.2) is 4.79 Å². The van der Waals surface area contributed by atoms with Crippen LogP contribution in [0, 0.1) is 0 Å². The molecule has 0 aromatic heterocycles. The van der Waals surface area contributed by atoms with Crippen molar-refractivity contribution in [3.63, 3.8) is 0 Å². The number of amides is 1. The van der Waals surface area contributed by atoms with Gasteiger partial charge in [-0.05, 0) is 37.1 Å². The lowest BCUT2D eigenvalue weighted by Gasteiger charge is -2.39. The van der Waals surface area contributed by atoms with Gasteiger partial charge in [0.25, 0.3) is 5.91 Å². The Morgan fingerprint density at radius 3 is 2.32 bits per heavy atom. The molecular weight excluding hydrogens is 502 g/mol. The van der Waals surface area contributed by atoms with Gasteiger partial charge < -0.3 is 45.1 Å². The van der Waals surface area contributed by atoms with Crippen LogP contribution < -0.4 is 10.1 Å². The molecule has 1 saturated heterocycles. The first-order valence-corrected chi connectivity index (χ1v) is 12.0. The number of benzene rings is 2. The quantitative estimate of drug-likeness (QED) is 0.214. The molecule has 2 aromatic rings. The van der Waals surface area contributed by atoms with E-state index in [-0.39, 0.29) is 30.8 Å². The van der Waals surface area contributed by atoms with Crippen molar-refractivity contribution in [2.75, 3.05) is 13.2 Å². The van der Waals surface area contributed by atoms with Crippen molar-refractivity contribution in [2.24, 2.45) is 0 Å². The highest BCUT2D eigenvalue weighted by Gasteiger charge is 2.44. The zero-order valence-corrected chi connectivity index (χ0v) is 20.6. The Morgan fingerprint density at radius 1 is 1.00 bits per heavy atom. The van der Waals surface area contributed by atoms with Crippen LogP contribution in [0.15, 0.2) is 48.5 Å². The summed E-state index contributed by atoms with van der Waals surface area (Å²) in [6, 6.07) is 11.9. The number of para-hydroxylation sites is 1. The summed E-state index contributed by atoms with van der Waals surface area (Å²) in [7, 11) is 0. The van der Waals surface area contributed by atoms with Crippen molar-refractivity contribution >= 4 is 17.8 Å². The highest BCUT2D eigenvalue weighted by Crippen LogP contribution is 2.33. The van der Waals surface area contributed by atoms with E-state index in [0.717, 1.165) is 0 Å². The average Bonchev–Trinajstić information content (AvgIpc) is 2.91. The number of rotatable bonds is 11. The van der Waals surface area contributed by atoms with Crippen molar-refractivity contribution in [1.29, 1.82) is 0 Å². The van der Waals surface area contributed by atoms with Crippen LogP contribution in [0.25, 0.3) is 11.1 Å². The number of carbonyl (C=O) groups is 3. The van der Waals surface area contributed by atoms with Crippen LogP contribution in [0.2, 0.25) is 0 Å². The molecule has 0 aliphatic carbocycles. The summed E-state index contributed by atoms with van der Waals surface area (Å²) in [6.07, 6.45) is -7.64. The monoisotopic (exact) mass is 533 g/mol. The molecule has 0 spiro atoms. The molecule has 1 unspecified atom stereocenters. The minimum Gasteiger partial charge on any atom is -0.481 e. The lowest BCUT2D eigenvalue weighted by atomic mass is 9.99. The number of hydrogen-bond donors (Lipinski definition) is 6. The molecule has 1 aliphatic heterocycles. The van der Waals surface area contributed by atoms with E-state index in [2.05, 4.69) is 5.32 Å². The summed E-state index contributed by atoms with van der Waals surface area (Å²) in [6.45, 7) is 1.09.